The fourth-order valence-corrected chi connectivity index (χ4v) is 1.41. The molecule has 0 spiro atoms. The maximum Gasteiger partial charge on any atom is 0.251 e. The first-order valence-electron chi connectivity index (χ1n) is 5.45. The third kappa shape index (κ3) is 4.63. The van der Waals surface area contributed by atoms with Gasteiger partial charge in [0.25, 0.3) is 5.91 Å². The van der Waals surface area contributed by atoms with Crippen LogP contribution in [0, 0.1) is 0 Å². The van der Waals surface area contributed by atoms with Crippen LogP contribution in [0.2, 0.25) is 5.02 Å². The van der Waals surface area contributed by atoms with Gasteiger partial charge in [-0.15, -0.1) is 0 Å². The number of hydrogen-bond acceptors (Lipinski definition) is 3. The number of carbonyl (C=O) groups excluding carboxylic acids is 1. The van der Waals surface area contributed by atoms with Crippen molar-refractivity contribution in [2.45, 2.75) is 20.0 Å². The normalized spacial score (nSPS) is 10.6. The van der Waals surface area contributed by atoms with Gasteiger partial charge < -0.3 is 15.8 Å². The minimum absolute atomic E-state index is 0.165. The molecule has 0 bridgehead atoms. The molecular formula is C12H17ClN2O2. The van der Waals surface area contributed by atoms with Gasteiger partial charge in [-0.3, -0.25) is 4.79 Å². The van der Waals surface area contributed by atoms with Crippen molar-refractivity contribution in [1.82, 2.24) is 5.32 Å². The second kappa shape index (κ2) is 6.47. The summed E-state index contributed by atoms with van der Waals surface area (Å²) in [5, 5.41) is 3.12. The maximum atomic E-state index is 11.7. The number of halogens is 1. The van der Waals surface area contributed by atoms with Crippen molar-refractivity contribution in [3.05, 3.63) is 28.8 Å². The molecule has 0 atom stereocenters. The van der Waals surface area contributed by atoms with Gasteiger partial charge in [0.05, 0.1) is 23.4 Å². The highest BCUT2D eigenvalue weighted by atomic mass is 35.5. The van der Waals surface area contributed by atoms with Crippen molar-refractivity contribution in [1.29, 1.82) is 0 Å². The molecule has 0 aliphatic carbocycles. The minimum Gasteiger partial charge on any atom is -0.398 e. The second-order valence-corrected chi connectivity index (χ2v) is 4.32. The number of amides is 1. The smallest absolute Gasteiger partial charge is 0.251 e. The number of ether oxygens (including phenoxy) is 1. The zero-order valence-corrected chi connectivity index (χ0v) is 10.8. The van der Waals surface area contributed by atoms with Crippen LogP contribution in [-0.2, 0) is 4.74 Å². The largest absolute Gasteiger partial charge is 0.398 e. The zero-order valence-electron chi connectivity index (χ0n) is 10.00. The molecule has 1 amide bonds. The highest BCUT2D eigenvalue weighted by Crippen LogP contribution is 2.19. The van der Waals surface area contributed by atoms with Crippen LogP contribution in [0.5, 0.6) is 0 Å². The number of rotatable bonds is 5. The fourth-order valence-electron chi connectivity index (χ4n) is 1.23. The topological polar surface area (TPSA) is 64.3 Å². The summed E-state index contributed by atoms with van der Waals surface area (Å²) >= 11 is 5.83. The van der Waals surface area contributed by atoms with E-state index in [0.717, 1.165) is 0 Å². The lowest BCUT2D eigenvalue weighted by Crippen LogP contribution is -2.28. The molecule has 0 unspecified atom stereocenters. The summed E-state index contributed by atoms with van der Waals surface area (Å²) in [5.74, 6) is -0.181. The Balaban J connectivity index is 2.44. The van der Waals surface area contributed by atoms with Crippen LogP contribution >= 0.6 is 11.6 Å². The van der Waals surface area contributed by atoms with Crippen LogP contribution in [0.1, 0.15) is 24.2 Å². The molecule has 0 heterocycles. The average Bonchev–Trinajstić information content (AvgIpc) is 2.27. The lowest BCUT2D eigenvalue weighted by atomic mass is 10.2. The SMILES string of the molecule is CC(C)OCCNC(=O)c1ccc(N)c(Cl)c1. The Morgan fingerprint density at radius 3 is 2.82 bits per heavy atom. The predicted molar refractivity (Wildman–Crippen MR) is 69.3 cm³/mol. The standard InChI is InChI=1S/C12H17ClN2O2/c1-8(2)17-6-5-15-12(16)9-3-4-11(14)10(13)7-9/h3-4,7-8H,5-6,14H2,1-2H3,(H,15,16). The summed E-state index contributed by atoms with van der Waals surface area (Å²) < 4.78 is 5.31. The van der Waals surface area contributed by atoms with Gasteiger partial charge in [0.2, 0.25) is 0 Å². The summed E-state index contributed by atoms with van der Waals surface area (Å²) in [4.78, 5) is 11.7. The van der Waals surface area contributed by atoms with Crippen LogP contribution in [0.3, 0.4) is 0 Å². The van der Waals surface area contributed by atoms with Crippen molar-refractivity contribution < 1.29 is 9.53 Å². The van der Waals surface area contributed by atoms with Crippen molar-refractivity contribution >= 4 is 23.2 Å². The molecule has 0 saturated heterocycles. The molecule has 17 heavy (non-hydrogen) atoms. The van der Waals surface area contributed by atoms with Crippen LogP contribution in [-0.4, -0.2) is 25.2 Å². The van der Waals surface area contributed by atoms with Gasteiger partial charge in [-0.2, -0.15) is 0 Å². The molecule has 1 rings (SSSR count). The Hall–Kier alpha value is -1.26. The minimum atomic E-state index is -0.181. The second-order valence-electron chi connectivity index (χ2n) is 3.91. The maximum absolute atomic E-state index is 11.7. The van der Waals surface area contributed by atoms with E-state index in [4.69, 9.17) is 22.1 Å². The molecule has 0 aliphatic rings. The highest BCUT2D eigenvalue weighted by molar-refractivity contribution is 6.33. The Bertz CT molecular complexity index is 394. The van der Waals surface area contributed by atoms with Crippen molar-refractivity contribution in [3.63, 3.8) is 0 Å². The van der Waals surface area contributed by atoms with Crippen LogP contribution in [0.4, 0.5) is 5.69 Å². The van der Waals surface area contributed by atoms with E-state index in [2.05, 4.69) is 5.32 Å². The quantitative estimate of drug-likeness (QED) is 0.626. The highest BCUT2D eigenvalue weighted by Gasteiger charge is 2.06. The molecule has 1 aromatic rings. The Morgan fingerprint density at radius 2 is 2.24 bits per heavy atom. The molecular weight excluding hydrogens is 240 g/mol. The summed E-state index contributed by atoms with van der Waals surface area (Å²) in [5.41, 5.74) is 6.52. The summed E-state index contributed by atoms with van der Waals surface area (Å²) in [7, 11) is 0. The number of nitrogen functional groups attached to an aromatic ring is 1. The van der Waals surface area contributed by atoms with Crippen molar-refractivity contribution in [2.24, 2.45) is 0 Å². The molecule has 0 aromatic heterocycles. The first-order chi connectivity index (χ1) is 8.00. The van der Waals surface area contributed by atoms with E-state index in [-0.39, 0.29) is 12.0 Å². The number of nitrogens with one attached hydrogen (secondary N) is 1. The van der Waals surface area contributed by atoms with Gasteiger partial charge in [-0.1, -0.05) is 11.6 Å². The number of hydrogen-bond donors (Lipinski definition) is 2. The van der Waals surface area contributed by atoms with Crippen molar-refractivity contribution in [2.75, 3.05) is 18.9 Å². The van der Waals surface area contributed by atoms with Crippen LogP contribution in [0.15, 0.2) is 18.2 Å². The first-order valence-corrected chi connectivity index (χ1v) is 5.83. The molecule has 94 valence electrons. The molecule has 0 aliphatic heterocycles. The van der Waals surface area contributed by atoms with E-state index in [1.807, 2.05) is 13.8 Å². The van der Waals surface area contributed by atoms with Crippen LogP contribution in [0.25, 0.3) is 0 Å². The Labute approximate surface area is 106 Å². The van der Waals surface area contributed by atoms with E-state index in [9.17, 15) is 4.79 Å². The van der Waals surface area contributed by atoms with Gasteiger partial charge in [0.1, 0.15) is 0 Å². The molecule has 5 heteroatoms. The van der Waals surface area contributed by atoms with Gasteiger partial charge in [0.15, 0.2) is 0 Å². The third-order valence-corrected chi connectivity index (χ3v) is 2.43. The Kier molecular flexibility index (Phi) is 5.25. The lowest BCUT2D eigenvalue weighted by Gasteiger charge is -2.09. The van der Waals surface area contributed by atoms with E-state index >= 15 is 0 Å². The fraction of sp³-hybridized carbons (Fsp3) is 0.417. The molecule has 4 nitrogen and oxygen atoms in total. The Morgan fingerprint density at radius 1 is 1.53 bits per heavy atom. The van der Waals surface area contributed by atoms with Gasteiger partial charge in [0, 0.05) is 12.1 Å². The predicted octanol–water partition coefficient (Wildman–Crippen LogP) is 2.08. The zero-order chi connectivity index (χ0) is 12.8. The molecule has 3 N–H and O–H groups in total. The van der Waals surface area contributed by atoms with Crippen LogP contribution < -0.4 is 11.1 Å². The van der Waals surface area contributed by atoms with Gasteiger partial charge >= 0.3 is 0 Å². The summed E-state index contributed by atoms with van der Waals surface area (Å²) in [6.45, 7) is 4.86. The summed E-state index contributed by atoms with van der Waals surface area (Å²) in [6.07, 6.45) is 0.165. The molecule has 0 fully saturated rings. The monoisotopic (exact) mass is 256 g/mol. The van der Waals surface area contributed by atoms with Gasteiger partial charge in [-0.05, 0) is 32.0 Å². The van der Waals surface area contributed by atoms with E-state index in [1.54, 1.807) is 18.2 Å². The number of nitrogens with two attached hydrogens (primary N) is 1. The van der Waals surface area contributed by atoms with E-state index in [1.165, 1.54) is 0 Å². The number of anilines is 1. The van der Waals surface area contributed by atoms with Crippen molar-refractivity contribution in [3.8, 4) is 0 Å². The first kappa shape index (κ1) is 13.8. The average molecular weight is 257 g/mol. The molecule has 0 saturated carbocycles. The van der Waals surface area contributed by atoms with Gasteiger partial charge in [-0.25, -0.2) is 0 Å². The third-order valence-electron chi connectivity index (χ3n) is 2.10. The molecule has 0 radical (unpaired) electrons. The van der Waals surface area contributed by atoms with E-state index in [0.29, 0.717) is 29.4 Å². The molecule has 1 aromatic carbocycles. The lowest BCUT2D eigenvalue weighted by molar-refractivity contribution is 0.0746. The number of carbonyl (C=O) groups is 1. The number of benzene rings is 1. The van der Waals surface area contributed by atoms with E-state index < -0.39 is 0 Å². The summed E-state index contributed by atoms with van der Waals surface area (Å²) in [6, 6.07) is 4.80.